The summed E-state index contributed by atoms with van der Waals surface area (Å²) in [5, 5.41) is 11.6. The van der Waals surface area contributed by atoms with Crippen molar-refractivity contribution < 1.29 is 27.9 Å². The fourth-order valence-electron chi connectivity index (χ4n) is 2.79. The summed E-state index contributed by atoms with van der Waals surface area (Å²) in [5.41, 5.74) is 0. The Morgan fingerprint density at radius 3 is 2.29 bits per heavy atom. The zero-order valence-electron chi connectivity index (χ0n) is 11.5. The number of carboxylic acid groups (broad SMARTS) is 1. The fraction of sp³-hybridized carbons (Fsp3) is 0.846. The molecule has 21 heavy (non-hydrogen) atoms. The SMILES string of the molecule is O=C(O)C1CCCCC1NC(=O)N(CC(F)(F)F)C1CC1. The Bertz CT molecular complexity index is 410. The maximum atomic E-state index is 12.5. The normalized spacial score (nSPS) is 26.2. The van der Waals surface area contributed by atoms with E-state index in [1.54, 1.807) is 0 Å². The Hall–Kier alpha value is -1.47. The van der Waals surface area contributed by atoms with Gasteiger partial charge in [0.2, 0.25) is 0 Å². The molecule has 2 unspecified atom stereocenters. The molecule has 120 valence electrons. The molecule has 0 heterocycles. The summed E-state index contributed by atoms with van der Waals surface area (Å²) in [6.07, 6.45) is -0.836. The third-order valence-electron chi connectivity index (χ3n) is 3.99. The van der Waals surface area contributed by atoms with Crippen LogP contribution in [0.4, 0.5) is 18.0 Å². The van der Waals surface area contributed by atoms with E-state index in [0.717, 1.165) is 17.7 Å². The van der Waals surface area contributed by atoms with E-state index in [0.29, 0.717) is 25.7 Å². The smallest absolute Gasteiger partial charge is 0.406 e. The van der Waals surface area contributed by atoms with Crippen molar-refractivity contribution in [2.45, 2.75) is 56.8 Å². The third-order valence-corrected chi connectivity index (χ3v) is 3.99. The van der Waals surface area contributed by atoms with Crippen LogP contribution in [0.15, 0.2) is 0 Å². The Morgan fingerprint density at radius 2 is 1.76 bits per heavy atom. The molecule has 2 atom stereocenters. The molecule has 2 fully saturated rings. The monoisotopic (exact) mass is 308 g/mol. The predicted octanol–water partition coefficient (Wildman–Crippen LogP) is 2.37. The van der Waals surface area contributed by atoms with Gasteiger partial charge >= 0.3 is 18.2 Å². The Morgan fingerprint density at radius 1 is 1.14 bits per heavy atom. The second kappa shape index (κ2) is 6.11. The summed E-state index contributed by atoms with van der Waals surface area (Å²) in [6.45, 7) is -1.28. The lowest BCUT2D eigenvalue weighted by Crippen LogP contribution is -2.52. The number of carbonyl (C=O) groups is 2. The molecule has 2 amide bonds. The topological polar surface area (TPSA) is 69.6 Å². The van der Waals surface area contributed by atoms with E-state index in [9.17, 15) is 22.8 Å². The molecule has 0 aromatic rings. The van der Waals surface area contributed by atoms with Crippen LogP contribution in [0.2, 0.25) is 0 Å². The second-order valence-electron chi connectivity index (χ2n) is 5.76. The van der Waals surface area contributed by atoms with Gasteiger partial charge in [-0.1, -0.05) is 12.8 Å². The van der Waals surface area contributed by atoms with Gasteiger partial charge in [0.15, 0.2) is 0 Å². The maximum Gasteiger partial charge on any atom is 0.406 e. The summed E-state index contributed by atoms with van der Waals surface area (Å²) < 4.78 is 37.6. The lowest BCUT2D eigenvalue weighted by Gasteiger charge is -2.32. The van der Waals surface area contributed by atoms with Crippen molar-refractivity contribution in [3.05, 3.63) is 0 Å². The van der Waals surface area contributed by atoms with Crippen LogP contribution in [-0.2, 0) is 4.79 Å². The molecule has 0 aromatic carbocycles. The molecule has 2 rings (SSSR count). The molecule has 8 heteroatoms. The van der Waals surface area contributed by atoms with Crippen LogP contribution in [-0.4, -0.2) is 46.8 Å². The lowest BCUT2D eigenvalue weighted by molar-refractivity contribution is -0.145. The third kappa shape index (κ3) is 4.50. The molecule has 0 aliphatic heterocycles. The number of nitrogens with one attached hydrogen (secondary N) is 1. The first-order valence-electron chi connectivity index (χ1n) is 7.14. The van der Waals surface area contributed by atoms with Crippen molar-refractivity contribution in [1.82, 2.24) is 10.2 Å². The largest absolute Gasteiger partial charge is 0.481 e. The van der Waals surface area contributed by atoms with Gasteiger partial charge < -0.3 is 15.3 Å². The number of nitrogens with zero attached hydrogens (tertiary/aromatic N) is 1. The molecule has 5 nitrogen and oxygen atoms in total. The van der Waals surface area contributed by atoms with E-state index in [-0.39, 0.29) is 6.04 Å². The molecule has 0 saturated heterocycles. The fourth-order valence-corrected chi connectivity index (χ4v) is 2.79. The van der Waals surface area contributed by atoms with Gasteiger partial charge in [0.25, 0.3) is 0 Å². The molecule has 2 aliphatic carbocycles. The average Bonchev–Trinajstić information content (AvgIpc) is 3.19. The Kier molecular flexibility index (Phi) is 4.63. The van der Waals surface area contributed by atoms with Gasteiger partial charge in [-0.2, -0.15) is 13.2 Å². The van der Waals surface area contributed by atoms with Gasteiger partial charge in [-0.15, -0.1) is 0 Å². The van der Waals surface area contributed by atoms with E-state index in [1.807, 2.05) is 0 Å². The minimum Gasteiger partial charge on any atom is -0.481 e. The first-order valence-corrected chi connectivity index (χ1v) is 7.14. The second-order valence-corrected chi connectivity index (χ2v) is 5.76. The summed E-state index contributed by atoms with van der Waals surface area (Å²) in [6, 6.07) is -1.76. The summed E-state index contributed by atoms with van der Waals surface area (Å²) in [7, 11) is 0. The van der Waals surface area contributed by atoms with Gasteiger partial charge in [-0.3, -0.25) is 4.79 Å². The van der Waals surface area contributed by atoms with Crippen molar-refractivity contribution in [1.29, 1.82) is 0 Å². The highest BCUT2D eigenvalue weighted by Gasteiger charge is 2.42. The van der Waals surface area contributed by atoms with E-state index >= 15 is 0 Å². The molecule has 0 spiro atoms. The number of carboxylic acids is 1. The molecular formula is C13H19F3N2O3. The predicted molar refractivity (Wildman–Crippen MR) is 67.7 cm³/mol. The standard InChI is InChI=1S/C13H19F3N2O3/c14-13(15,16)7-18(8-5-6-8)12(21)17-10-4-2-1-3-9(10)11(19)20/h8-10H,1-7H2,(H,17,21)(H,19,20). The van der Waals surface area contributed by atoms with Gasteiger partial charge in [0.05, 0.1) is 5.92 Å². The number of halogens is 3. The number of carbonyl (C=O) groups excluding carboxylic acids is 1. The van der Waals surface area contributed by atoms with E-state index in [2.05, 4.69) is 5.32 Å². The van der Waals surface area contributed by atoms with Crippen LogP contribution in [0.1, 0.15) is 38.5 Å². The highest BCUT2D eigenvalue weighted by molar-refractivity contribution is 5.77. The van der Waals surface area contributed by atoms with Crippen molar-refractivity contribution >= 4 is 12.0 Å². The van der Waals surface area contributed by atoms with Crippen molar-refractivity contribution in [3.63, 3.8) is 0 Å². The number of hydrogen-bond donors (Lipinski definition) is 2. The zero-order valence-corrected chi connectivity index (χ0v) is 11.5. The lowest BCUT2D eigenvalue weighted by atomic mass is 9.84. The quantitative estimate of drug-likeness (QED) is 0.837. The number of aliphatic carboxylic acids is 1. The first-order chi connectivity index (χ1) is 9.78. The van der Waals surface area contributed by atoms with Crippen LogP contribution in [0.5, 0.6) is 0 Å². The summed E-state index contributed by atoms with van der Waals surface area (Å²) in [4.78, 5) is 24.0. The minimum absolute atomic E-state index is 0.376. The number of rotatable bonds is 4. The highest BCUT2D eigenvalue weighted by Crippen LogP contribution is 2.31. The zero-order chi connectivity index (χ0) is 15.6. The number of urea groups is 1. The maximum absolute atomic E-state index is 12.5. The van der Waals surface area contributed by atoms with Crippen LogP contribution >= 0.6 is 0 Å². The summed E-state index contributed by atoms with van der Waals surface area (Å²) >= 11 is 0. The number of alkyl halides is 3. The number of amides is 2. The Labute approximate surface area is 120 Å². The summed E-state index contributed by atoms with van der Waals surface area (Å²) in [5.74, 6) is -1.72. The van der Waals surface area contributed by atoms with Gasteiger partial charge in [-0.05, 0) is 25.7 Å². The molecule has 0 aromatic heterocycles. The molecule has 0 bridgehead atoms. The van der Waals surface area contributed by atoms with Crippen LogP contribution in [0.3, 0.4) is 0 Å². The van der Waals surface area contributed by atoms with Crippen LogP contribution in [0.25, 0.3) is 0 Å². The van der Waals surface area contributed by atoms with E-state index in [4.69, 9.17) is 5.11 Å². The Balaban J connectivity index is 1.98. The molecular weight excluding hydrogens is 289 g/mol. The molecule has 2 aliphatic rings. The highest BCUT2D eigenvalue weighted by atomic mass is 19.4. The van der Waals surface area contributed by atoms with Crippen molar-refractivity contribution in [2.24, 2.45) is 5.92 Å². The first kappa shape index (κ1) is 15.9. The number of hydrogen-bond acceptors (Lipinski definition) is 2. The minimum atomic E-state index is -4.45. The van der Waals surface area contributed by atoms with E-state index < -0.39 is 36.7 Å². The molecule has 2 N–H and O–H groups in total. The molecule has 0 radical (unpaired) electrons. The van der Waals surface area contributed by atoms with Crippen molar-refractivity contribution in [2.75, 3.05) is 6.54 Å². The van der Waals surface area contributed by atoms with Gasteiger partial charge in [0, 0.05) is 12.1 Å². The van der Waals surface area contributed by atoms with E-state index in [1.165, 1.54) is 0 Å². The van der Waals surface area contributed by atoms with Gasteiger partial charge in [0.1, 0.15) is 6.54 Å². The van der Waals surface area contributed by atoms with Gasteiger partial charge in [-0.25, -0.2) is 4.79 Å². The average molecular weight is 308 g/mol. The van der Waals surface area contributed by atoms with Crippen LogP contribution in [0, 0.1) is 5.92 Å². The van der Waals surface area contributed by atoms with Crippen molar-refractivity contribution in [3.8, 4) is 0 Å². The van der Waals surface area contributed by atoms with Crippen LogP contribution < -0.4 is 5.32 Å². The molecule has 2 saturated carbocycles.